The van der Waals surface area contributed by atoms with E-state index in [4.69, 9.17) is 4.74 Å². The predicted octanol–water partition coefficient (Wildman–Crippen LogP) is 2.17. The Labute approximate surface area is 103 Å². The summed E-state index contributed by atoms with van der Waals surface area (Å²) in [5.41, 5.74) is 1.30. The standard InChI is InChI=1S/C11H11N3O2S/c1-2-6-16-11(15)10-9(13-14-17-10)8-4-3-5-12-7-8/h3-5,7H,2,6H2,1H3. The molecule has 0 amide bonds. The van der Waals surface area contributed by atoms with Gasteiger partial charge in [-0.15, -0.1) is 5.10 Å². The summed E-state index contributed by atoms with van der Waals surface area (Å²) in [7, 11) is 0. The van der Waals surface area contributed by atoms with Gasteiger partial charge in [-0.2, -0.15) is 0 Å². The maximum atomic E-state index is 11.7. The smallest absolute Gasteiger partial charge is 0.352 e. The average molecular weight is 249 g/mol. The van der Waals surface area contributed by atoms with Crippen LogP contribution in [0.3, 0.4) is 0 Å². The predicted molar refractivity (Wildman–Crippen MR) is 63.7 cm³/mol. The molecule has 0 fully saturated rings. The summed E-state index contributed by atoms with van der Waals surface area (Å²) in [5.74, 6) is -0.374. The molecule has 0 spiro atoms. The lowest BCUT2D eigenvalue weighted by atomic mass is 10.2. The third-order valence-electron chi connectivity index (χ3n) is 2.05. The van der Waals surface area contributed by atoms with Crippen molar-refractivity contribution in [3.63, 3.8) is 0 Å². The number of ether oxygens (including phenoxy) is 1. The van der Waals surface area contributed by atoms with Crippen LogP contribution >= 0.6 is 11.5 Å². The van der Waals surface area contributed by atoms with Crippen molar-refractivity contribution in [1.29, 1.82) is 0 Å². The van der Waals surface area contributed by atoms with E-state index in [1.54, 1.807) is 18.5 Å². The fourth-order valence-electron chi connectivity index (χ4n) is 1.28. The lowest BCUT2D eigenvalue weighted by molar-refractivity contribution is 0.0511. The second-order valence-corrected chi connectivity index (χ2v) is 4.08. The maximum absolute atomic E-state index is 11.7. The Kier molecular flexibility index (Phi) is 3.77. The first-order chi connectivity index (χ1) is 8.33. The van der Waals surface area contributed by atoms with Gasteiger partial charge in [0.25, 0.3) is 0 Å². The Morgan fingerprint density at radius 2 is 2.41 bits per heavy atom. The van der Waals surface area contributed by atoms with E-state index in [0.717, 1.165) is 23.5 Å². The SMILES string of the molecule is CCCOC(=O)c1snnc1-c1cccnc1. The van der Waals surface area contributed by atoms with Gasteiger partial charge in [-0.1, -0.05) is 11.4 Å². The highest BCUT2D eigenvalue weighted by Crippen LogP contribution is 2.23. The van der Waals surface area contributed by atoms with Gasteiger partial charge in [-0.05, 0) is 30.1 Å². The monoisotopic (exact) mass is 249 g/mol. The minimum absolute atomic E-state index is 0.374. The second kappa shape index (κ2) is 5.49. The second-order valence-electron chi connectivity index (χ2n) is 3.33. The van der Waals surface area contributed by atoms with Crippen LogP contribution in [0.25, 0.3) is 11.3 Å². The van der Waals surface area contributed by atoms with Gasteiger partial charge in [0.1, 0.15) is 5.69 Å². The molecule has 6 heteroatoms. The molecule has 17 heavy (non-hydrogen) atoms. The van der Waals surface area contributed by atoms with E-state index >= 15 is 0 Å². The van der Waals surface area contributed by atoms with Crippen molar-refractivity contribution in [3.8, 4) is 11.3 Å². The van der Waals surface area contributed by atoms with Gasteiger partial charge < -0.3 is 4.74 Å². The quantitative estimate of drug-likeness (QED) is 0.777. The first kappa shape index (κ1) is 11.7. The number of nitrogens with zero attached hydrogens (tertiary/aromatic N) is 3. The lowest BCUT2D eigenvalue weighted by Gasteiger charge is -2.01. The van der Waals surface area contributed by atoms with Gasteiger partial charge in [0.2, 0.25) is 0 Å². The van der Waals surface area contributed by atoms with E-state index in [0.29, 0.717) is 17.2 Å². The normalized spacial score (nSPS) is 10.2. The van der Waals surface area contributed by atoms with Gasteiger partial charge in [-0.3, -0.25) is 4.98 Å². The van der Waals surface area contributed by atoms with Crippen LogP contribution < -0.4 is 0 Å². The van der Waals surface area contributed by atoms with Crippen LogP contribution in [0, 0.1) is 0 Å². The minimum Gasteiger partial charge on any atom is -0.461 e. The van der Waals surface area contributed by atoms with Crippen molar-refractivity contribution < 1.29 is 9.53 Å². The van der Waals surface area contributed by atoms with Crippen LogP contribution in [-0.2, 0) is 4.74 Å². The fraction of sp³-hybridized carbons (Fsp3) is 0.273. The third-order valence-corrected chi connectivity index (χ3v) is 2.75. The Bertz CT molecular complexity index is 498. The number of pyridine rings is 1. The molecule has 88 valence electrons. The van der Waals surface area contributed by atoms with Crippen molar-refractivity contribution in [3.05, 3.63) is 29.4 Å². The molecule has 0 saturated heterocycles. The summed E-state index contributed by atoms with van der Waals surface area (Å²) >= 11 is 1.04. The highest BCUT2D eigenvalue weighted by Gasteiger charge is 2.18. The largest absolute Gasteiger partial charge is 0.461 e. The van der Waals surface area contributed by atoms with E-state index in [2.05, 4.69) is 14.6 Å². The molecule has 0 saturated carbocycles. The van der Waals surface area contributed by atoms with Crippen LogP contribution in [-0.4, -0.2) is 27.1 Å². The van der Waals surface area contributed by atoms with Crippen LogP contribution in [0.5, 0.6) is 0 Å². The summed E-state index contributed by atoms with van der Waals surface area (Å²) in [4.78, 5) is 16.2. The molecule has 2 rings (SSSR count). The molecular formula is C11H11N3O2S. The molecule has 0 aliphatic rings. The lowest BCUT2D eigenvalue weighted by Crippen LogP contribution is -2.05. The molecule has 0 N–H and O–H groups in total. The molecular weight excluding hydrogens is 238 g/mol. The van der Waals surface area contributed by atoms with E-state index in [1.165, 1.54) is 0 Å². The van der Waals surface area contributed by atoms with Gasteiger partial charge in [-0.25, -0.2) is 4.79 Å². The highest BCUT2D eigenvalue weighted by molar-refractivity contribution is 7.08. The van der Waals surface area contributed by atoms with E-state index in [1.807, 2.05) is 13.0 Å². The van der Waals surface area contributed by atoms with Crippen LogP contribution in [0.4, 0.5) is 0 Å². The summed E-state index contributed by atoms with van der Waals surface area (Å²) in [5, 5.41) is 3.94. The van der Waals surface area contributed by atoms with Crippen molar-refractivity contribution in [2.75, 3.05) is 6.61 Å². The Morgan fingerprint density at radius 3 is 3.12 bits per heavy atom. The Morgan fingerprint density at radius 1 is 1.53 bits per heavy atom. The summed E-state index contributed by atoms with van der Waals surface area (Å²) in [6, 6.07) is 3.62. The Hall–Kier alpha value is -1.82. The maximum Gasteiger partial charge on any atom is 0.352 e. The number of carbonyl (C=O) groups excluding carboxylic acids is 1. The molecule has 0 atom stereocenters. The molecule has 2 aromatic rings. The van der Waals surface area contributed by atoms with Crippen LogP contribution in [0.2, 0.25) is 0 Å². The zero-order valence-corrected chi connectivity index (χ0v) is 10.1. The molecule has 2 aromatic heterocycles. The number of esters is 1. The molecule has 0 unspecified atom stereocenters. The average Bonchev–Trinajstić information content (AvgIpc) is 2.86. The van der Waals surface area contributed by atoms with Crippen molar-refractivity contribution in [1.82, 2.24) is 14.6 Å². The first-order valence-electron chi connectivity index (χ1n) is 5.22. The van der Waals surface area contributed by atoms with Gasteiger partial charge in [0.15, 0.2) is 4.88 Å². The van der Waals surface area contributed by atoms with Crippen molar-refractivity contribution in [2.24, 2.45) is 0 Å². The number of rotatable bonds is 4. The first-order valence-corrected chi connectivity index (χ1v) is 6.00. The molecule has 0 radical (unpaired) electrons. The summed E-state index contributed by atoms with van der Waals surface area (Å²) in [6.45, 7) is 2.35. The minimum atomic E-state index is -0.374. The number of hydrogen-bond acceptors (Lipinski definition) is 6. The number of hydrogen-bond donors (Lipinski definition) is 0. The fourth-order valence-corrected chi connectivity index (χ4v) is 1.86. The van der Waals surface area contributed by atoms with Gasteiger partial charge >= 0.3 is 5.97 Å². The van der Waals surface area contributed by atoms with Crippen LogP contribution in [0.1, 0.15) is 23.0 Å². The topological polar surface area (TPSA) is 65.0 Å². The zero-order valence-electron chi connectivity index (χ0n) is 9.29. The molecule has 0 aromatic carbocycles. The highest BCUT2D eigenvalue weighted by atomic mass is 32.1. The molecule has 2 heterocycles. The van der Waals surface area contributed by atoms with Crippen molar-refractivity contribution in [2.45, 2.75) is 13.3 Å². The number of aromatic nitrogens is 3. The van der Waals surface area contributed by atoms with Crippen LogP contribution in [0.15, 0.2) is 24.5 Å². The van der Waals surface area contributed by atoms with Gasteiger partial charge in [0.05, 0.1) is 6.61 Å². The van der Waals surface area contributed by atoms with Crippen molar-refractivity contribution >= 4 is 17.5 Å². The molecule has 0 aliphatic carbocycles. The van der Waals surface area contributed by atoms with Gasteiger partial charge in [0, 0.05) is 18.0 Å². The Balaban J connectivity index is 2.26. The van der Waals surface area contributed by atoms with E-state index in [-0.39, 0.29) is 5.97 Å². The summed E-state index contributed by atoms with van der Waals surface area (Å²) in [6.07, 6.45) is 4.10. The molecule has 0 bridgehead atoms. The van der Waals surface area contributed by atoms with E-state index in [9.17, 15) is 4.79 Å². The molecule has 5 nitrogen and oxygen atoms in total. The zero-order chi connectivity index (χ0) is 12.1. The van der Waals surface area contributed by atoms with E-state index < -0.39 is 0 Å². The summed E-state index contributed by atoms with van der Waals surface area (Å²) < 4.78 is 8.86. The number of carbonyl (C=O) groups is 1. The third kappa shape index (κ3) is 2.65. The molecule has 0 aliphatic heterocycles.